The smallest absolute Gasteiger partial charge is 0.0212 e. The van der Waals surface area contributed by atoms with E-state index in [0.717, 1.165) is 107 Å². The molecule has 0 spiro atoms. The summed E-state index contributed by atoms with van der Waals surface area (Å²) >= 11 is 0. The molecule has 0 aliphatic heterocycles. The van der Waals surface area contributed by atoms with Gasteiger partial charge in [-0.1, -0.05) is 116 Å². The van der Waals surface area contributed by atoms with E-state index in [2.05, 4.69) is 96.9 Å². The zero-order chi connectivity index (χ0) is 35.1. The first-order chi connectivity index (χ1) is 22.6. The van der Waals surface area contributed by atoms with Crippen LogP contribution in [-0.2, 0) is 0 Å². The van der Waals surface area contributed by atoms with Crippen molar-refractivity contribution in [2.45, 2.75) is 180 Å². The first-order valence-corrected chi connectivity index (χ1v) is 22.6. The van der Waals surface area contributed by atoms with E-state index in [-0.39, 0.29) is 0 Å². The summed E-state index contributed by atoms with van der Waals surface area (Å²) in [7, 11) is 0. The molecule has 6 aliphatic rings. The molecule has 0 amide bonds. The minimum atomic E-state index is 0.419. The molecule has 0 heterocycles. The van der Waals surface area contributed by atoms with Crippen LogP contribution in [0.1, 0.15) is 180 Å². The Morgan fingerprint density at radius 3 is 1.90 bits per heavy atom. The Morgan fingerprint density at radius 2 is 1.29 bits per heavy atom. The van der Waals surface area contributed by atoms with Crippen LogP contribution in [0.3, 0.4) is 0 Å². The Kier molecular flexibility index (Phi) is 10.8. The average Bonchev–Trinajstić information content (AvgIpc) is 3.51. The maximum absolute atomic E-state index is 2.85. The molecule has 6 saturated carbocycles. The van der Waals surface area contributed by atoms with Crippen molar-refractivity contribution < 1.29 is 0 Å². The molecule has 6 rings (SSSR count). The van der Waals surface area contributed by atoms with Crippen LogP contribution in [0.2, 0.25) is 0 Å². The van der Waals surface area contributed by atoms with Crippen molar-refractivity contribution in [1.29, 1.82) is 0 Å². The highest BCUT2D eigenvalue weighted by Gasteiger charge is 2.72. The standard InChI is InChI=1S/C48H86/c1-15-37(16-2)38-19-21-39(22-20-38)41-18-17-36(26-41)25-40-23-24-42-32(8)47(13)35(11)46(12)27-29(5)43(28(3)4)33(9)48(46,14)34(10)45(47)31(7)44(42)30(40)6/h28-45H,15-27H2,1-14H3. The molecular weight excluding hydrogens is 577 g/mol. The molecule has 6 aliphatic carbocycles. The summed E-state index contributed by atoms with van der Waals surface area (Å²) < 4.78 is 0. The molecular formula is C48H86. The van der Waals surface area contributed by atoms with Crippen LogP contribution in [0.25, 0.3) is 0 Å². The summed E-state index contributed by atoms with van der Waals surface area (Å²) in [6.07, 6.45) is 19.8. The lowest BCUT2D eigenvalue weighted by Gasteiger charge is -2.77. The van der Waals surface area contributed by atoms with Gasteiger partial charge in [0.2, 0.25) is 0 Å². The highest BCUT2D eigenvalue weighted by Crippen LogP contribution is 2.78. The molecule has 278 valence electrons. The summed E-state index contributed by atoms with van der Waals surface area (Å²) in [5.41, 5.74) is 1.30. The lowest BCUT2D eigenvalue weighted by atomic mass is 9.28. The third-order valence-corrected chi connectivity index (χ3v) is 20.9. The lowest BCUT2D eigenvalue weighted by Crippen LogP contribution is -2.71. The number of hydrogen-bond acceptors (Lipinski definition) is 0. The van der Waals surface area contributed by atoms with Crippen molar-refractivity contribution in [2.75, 3.05) is 0 Å². The van der Waals surface area contributed by atoms with Gasteiger partial charge in [0, 0.05) is 0 Å². The van der Waals surface area contributed by atoms with Crippen LogP contribution in [-0.4, -0.2) is 0 Å². The lowest BCUT2D eigenvalue weighted by molar-refractivity contribution is -0.291. The Bertz CT molecular complexity index is 1080. The Labute approximate surface area is 302 Å². The Balaban J connectivity index is 1.17. The zero-order valence-corrected chi connectivity index (χ0v) is 35.1. The Morgan fingerprint density at radius 1 is 0.667 bits per heavy atom. The maximum atomic E-state index is 2.85. The van der Waals surface area contributed by atoms with E-state index in [4.69, 9.17) is 0 Å². The molecule has 0 nitrogen and oxygen atoms in total. The largest absolute Gasteiger partial charge is 0.0651 e. The van der Waals surface area contributed by atoms with Crippen molar-refractivity contribution in [3.8, 4) is 0 Å². The highest BCUT2D eigenvalue weighted by atomic mass is 14.8. The molecule has 0 aromatic rings. The minimum Gasteiger partial charge on any atom is -0.0651 e. The highest BCUT2D eigenvalue weighted by molar-refractivity contribution is 5.20. The molecule has 0 N–H and O–H groups in total. The molecule has 0 aromatic heterocycles. The molecule has 0 bridgehead atoms. The predicted octanol–water partition coefficient (Wildman–Crippen LogP) is 14.5. The van der Waals surface area contributed by atoms with Gasteiger partial charge in [-0.2, -0.15) is 0 Å². The van der Waals surface area contributed by atoms with E-state index in [9.17, 15) is 0 Å². The maximum Gasteiger partial charge on any atom is -0.0212 e. The number of rotatable bonds is 7. The third kappa shape index (κ3) is 5.51. The van der Waals surface area contributed by atoms with Crippen molar-refractivity contribution in [1.82, 2.24) is 0 Å². The van der Waals surface area contributed by atoms with Crippen LogP contribution in [0.4, 0.5) is 0 Å². The fraction of sp³-hybridized carbons (Fsp3) is 1.00. The van der Waals surface area contributed by atoms with Crippen LogP contribution in [0.15, 0.2) is 0 Å². The second-order valence-electron chi connectivity index (χ2n) is 21.9. The van der Waals surface area contributed by atoms with Crippen molar-refractivity contribution in [3.05, 3.63) is 0 Å². The predicted molar refractivity (Wildman–Crippen MR) is 210 cm³/mol. The van der Waals surface area contributed by atoms with Gasteiger partial charge in [-0.3, -0.25) is 0 Å². The van der Waals surface area contributed by atoms with Crippen LogP contribution in [0.5, 0.6) is 0 Å². The van der Waals surface area contributed by atoms with Gasteiger partial charge < -0.3 is 0 Å². The summed E-state index contributed by atoms with van der Waals surface area (Å²) in [4.78, 5) is 0. The molecule has 0 aromatic carbocycles. The first kappa shape index (κ1) is 37.7. The van der Waals surface area contributed by atoms with E-state index in [0.29, 0.717) is 16.2 Å². The van der Waals surface area contributed by atoms with Crippen LogP contribution >= 0.6 is 0 Å². The van der Waals surface area contributed by atoms with E-state index in [1.807, 2.05) is 0 Å². The zero-order valence-electron chi connectivity index (χ0n) is 35.1. The molecule has 48 heavy (non-hydrogen) atoms. The molecule has 17 atom stereocenters. The summed E-state index contributed by atoms with van der Waals surface area (Å²) in [5.74, 6) is 16.4. The van der Waals surface area contributed by atoms with Gasteiger partial charge in [0.1, 0.15) is 0 Å². The second-order valence-corrected chi connectivity index (χ2v) is 21.9. The SMILES string of the molecule is CCC(CC)C1CCC(C2CCC(CC3CCC4C(C3C)C(C)C3C(C)C5(C)C(C)C(C(C)C)C(C)CC5(C)C(C)C3(C)C4C)C2)CC1. The quantitative estimate of drug-likeness (QED) is 0.254. The van der Waals surface area contributed by atoms with Crippen LogP contribution < -0.4 is 0 Å². The monoisotopic (exact) mass is 663 g/mol. The number of hydrogen-bond donors (Lipinski definition) is 0. The van der Waals surface area contributed by atoms with Gasteiger partial charge in [0.05, 0.1) is 0 Å². The fourth-order valence-electron chi connectivity index (χ4n) is 18.1. The summed E-state index contributed by atoms with van der Waals surface area (Å²) in [6.45, 7) is 37.7. The summed E-state index contributed by atoms with van der Waals surface area (Å²) in [5, 5.41) is 0. The molecule has 6 fully saturated rings. The van der Waals surface area contributed by atoms with Crippen LogP contribution in [0, 0.1) is 123 Å². The van der Waals surface area contributed by atoms with Gasteiger partial charge in [0.15, 0.2) is 0 Å². The topological polar surface area (TPSA) is 0 Å². The van der Waals surface area contributed by atoms with Gasteiger partial charge >= 0.3 is 0 Å². The Hall–Kier alpha value is 0. The van der Waals surface area contributed by atoms with E-state index >= 15 is 0 Å². The van der Waals surface area contributed by atoms with Gasteiger partial charge in [-0.25, -0.2) is 0 Å². The van der Waals surface area contributed by atoms with Crippen molar-refractivity contribution in [2.24, 2.45) is 123 Å². The second kappa shape index (κ2) is 13.8. The van der Waals surface area contributed by atoms with Gasteiger partial charge in [-0.05, 0) is 187 Å². The molecule has 0 heteroatoms. The molecule has 17 unspecified atom stereocenters. The normalized spacial score (nSPS) is 55.8. The molecule has 0 radical (unpaired) electrons. The molecule has 0 saturated heterocycles. The van der Waals surface area contributed by atoms with E-state index in [1.54, 1.807) is 51.4 Å². The van der Waals surface area contributed by atoms with Gasteiger partial charge in [0.25, 0.3) is 0 Å². The first-order valence-electron chi connectivity index (χ1n) is 22.6. The van der Waals surface area contributed by atoms with Crippen molar-refractivity contribution in [3.63, 3.8) is 0 Å². The fourth-order valence-corrected chi connectivity index (χ4v) is 18.1. The minimum absolute atomic E-state index is 0.419. The number of fused-ring (bicyclic) bond motifs is 3. The summed E-state index contributed by atoms with van der Waals surface area (Å²) in [6, 6.07) is 0. The van der Waals surface area contributed by atoms with E-state index in [1.165, 1.54) is 32.1 Å². The van der Waals surface area contributed by atoms with Gasteiger partial charge in [-0.15, -0.1) is 0 Å². The third-order valence-electron chi connectivity index (χ3n) is 20.9. The average molecular weight is 663 g/mol. The van der Waals surface area contributed by atoms with E-state index < -0.39 is 0 Å². The van der Waals surface area contributed by atoms with Crippen molar-refractivity contribution >= 4 is 0 Å².